The van der Waals surface area contributed by atoms with Crippen LogP contribution in [0.15, 0.2) is 35.1 Å². The lowest BCUT2D eigenvalue weighted by Crippen LogP contribution is -2.28. The van der Waals surface area contributed by atoms with Crippen LogP contribution in [-0.2, 0) is 11.3 Å². The van der Waals surface area contributed by atoms with Crippen molar-refractivity contribution >= 4 is 43.3 Å². The molecule has 0 bridgehead atoms. The predicted molar refractivity (Wildman–Crippen MR) is 128 cm³/mol. The van der Waals surface area contributed by atoms with Crippen LogP contribution in [0.25, 0.3) is 20.2 Å². The van der Waals surface area contributed by atoms with Crippen LogP contribution in [0.5, 0.6) is 5.75 Å². The van der Waals surface area contributed by atoms with E-state index >= 15 is 0 Å². The molecular formula is C23H29N3O4S. The Morgan fingerprint density at radius 2 is 1.90 bits per heavy atom. The second-order valence-electron chi connectivity index (χ2n) is 7.07. The quantitative estimate of drug-likeness (QED) is 0.486. The third-order valence-electron chi connectivity index (χ3n) is 5.36. The maximum Gasteiger partial charge on any atom is 0.407 e. The molecule has 0 aliphatic heterocycles. The molecule has 1 aromatic heterocycles. The third kappa shape index (κ3) is 5.08. The molecule has 0 radical (unpaired) electrons. The Hall–Kier alpha value is -2.84. The van der Waals surface area contributed by atoms with Gasteiger partial charge in [0.25, 0.3) is 0 Å². The van der Waals surface area contributed by atoms with Crippen LogP contribution in [0.2, 0.25) is 0 Å². The Balaban J connectivity index is 2.09. The van der Waals surface area contributed by atoms with Crippen LogP contribution in [0.3, 0.4) is 0 Å². The molecule has 0 unspecified atom stereocenters. The normalized spacial score (nSPS) is 11.1. The summed E-state index contributed by atoms with van der Waals surface area (Å²) in [4.78, 5) is 27.4. The SMILES string of the molecule is CCN(CC)CCNc1ccc(CNC(=O)OC)c2sc3cc(OC)ccc3c(=O)c12. The summed E-state index contributed by atoms with van der Waals surface area (Å²) in [6, 6.07) is 9.35. The fourth-order valence-corrected chi connectivity index (χ4v) is 4.77. The molecule has 0 saturated heterocycles. The van der Waals surface area contributed by atoms with Crippen molar-refractivity contribution < 1.29 is 14.3 Å². The number of alkyl carbamates (subject to hydrolysis) is 1. The van der Waals surface area contributed by atoms with Gasteiger partial charge < -0.3 is 25.0 Å². The van der Waals surface area contributed by atoms with Gasteiger partial charge in [0.05, 0.1) is 19.6 Å². The van der Waals surface area contributed by atoms with Crippen LogP contribution >= 0.6 is 11.3 Å². The van der Waals surface area contributed by atoms with Crippen molar-refractivity contribution in [2.24, 2.45) is 0 Å². The lowest BCUT2D eigenvalue weighted by Gasteiger charge is -2.19. The summed E-state index contributed by atoms with van der Waals surface area (Å²) < 4.78 is 11.7. The van der Waals surface area contributed by atoms with Crippen LogP contribution in [0, 0.1) is 0 Å². The lowest BCUT2D eigenvalue weighted by molar-refractivity contribution is 0.170. The summed E-state index contributed by atoms with van der Waals surface area (Å²) in [6.45, 7) is 8.15. The summed E-state index contributed by atoms with van der Waals surface area (Å²) in [5.74, 6) is 0.699. The number of carbonyl (C=O) groups excluding carboxylic acids is 1. The maximum atomic E-state index is 13.5. The Morgan fingerprint density at radius 3 is 2.58 bits per heavy atom. The first-order chi connectivity index (χ1) is 15.0. The molecule has 7 nitrogen and oxygen atoms in total. The molecule has 0 aliphatic carbocycles. The highest BCUT2D eigenvalue weighted by molar-refractivity contribution is 7.24. The van der Waals surface area contributed by atoms with E-state index in [1.54, 1.807) is 13.2 Å². The molecule has 166 valence electrons. The number of methoxy groups -OCH3 is 2. The summed E-state index contributed by atoms with van der Waals surface area (Å²) in [6.07, 6.45) is -0.510. The van der Waals surface area contributed by atoms with Crippen molar-refractivity contribution in [3.05, 3.63) is 46.1 Å². The zero-order valence-corrected chi connectivity index (χ0v) is 19.2. The molecule has 3 aromatic rings. The number of rotatable bonds is 9. The molecule has 8 heteroatoms. The molecule has 2 N–H and O–H groups in total. The fourth-order valence-electron chi connectivity index (χ4n) is 3.53. The molecular weight excluding hydrogens is 414 g/mol. The monoisotopic (exact) mass is 443 g/mol. The van der Waals surface area contributed by atoms with Gasteiger partial charge in [0.15, 0.2) is 5.43 Å². The maximum absolute atomic E-state index is 13.5. The van der Waals surface area contributed by atoms with Gasteiger partial charge in [0.2, 0.25) is 0 Å². The van der Waals surface area contributed by atoms with Crippen molar-refractivity contribution in [2.75, 3.05) is 45.7 Å². The van der Waals surface area contributed by atoms with Gasteiger partial charge in [0, 0.05) is 40.1 Å². The molecule has 31 heavy (non-hydrogen) atoms. The van der Waals surface area contributed by atoms with Gasteiger partial charge in [-0.2, -0.15) is 0 Å². The lowest BCUT2D eigenvalue weighted by atomic mass is 10.1. The topological polar surface area (TPSA) is 79.9 Å². The van der Waals surface area contributed by atoms with Crippen LogP contribution in [0.1, 0.15) is 19.4 Å². The van der Waals surface area contributed by atoms with Gasteiger partial charge in [-0.1, -0.05) is 19.9 Å². The number of nitrogens with zero attached hydrogens (tertiary/aromatic N) is 1. The summed E-state index contributed by atoms with van der Waals surface area (Å²) >= 11 is 1.52. The van der Waals surface area contributed by atoms with E-state index in [-0.39, 0.29) is 12.0 Å². The Labute approximate surface area is 186 Å². The highest BCUT2D eigenvalue weighted by Crippen LogP contribution is 2.33. The average molecular weight is 444 g/mol. The number of likely N-dealkylation sites (N-methyl/N-ethyl adjacent to an activating group) is 1. The number of fused-ring (bicyclic) bond motifs is 2. The highest BCUT2D eigenvalue weighted by atomic mass is 32.1. The van der Waals surface area contributed by atoms with Crippen LogP contribution < -0.4 is 20.8 Å². The Kier molecular flexibility index (Phi) is 7.70. The molecule has 1 heterocycles. The number of amides is 1. The Morgan fingerprint density at radius 1 is 1.13 bits per heavy atom. The van der Waals surface area contributed by atoms with Crippen LogP contribution in [-0.4, -0.2) is 51.4 Å². The number of hydrogen-bond acceptors (Lipinski definition) is 7. The van der Waals surface area contributed by atoms with Crippen molar-refractivity contribution in [3.63, 3.8) is 0 Å². The minimum atomic E-state index is -0.510. The first-order valence-electron chi connectivity index (χ1n) is 10.4. The van der Waals surface area contributed by atoms with Crippen molar-refractivity contribution in [3.8, 4) is 5.75 Å². The summed E-state index contributed by atoms with van der Waals surface area (Å²) in [5.41, 5.74) is 1.64. The number of ether oxygens (including phenoxy) is 2. The molecule has 3 rings (SSSR count). The second kappa shape index (κ2) is 10.5. The smallest absolute Gasteiger partial charge is 0.407 e. The molecule has 0 fully saturated rings. The fraction of sp³-hybridized carbons (Fsp3) is 0.391. The zero-order valence-electron chi connectivity index (χ0n) is 18.4. The molecule has 2 aromatic carbocycles. The van der Waals surface area contributed by atoms with Crippen molar-refractivity contribution in [1.82, 2.24) is 10.2 Å². The van der Waals surface area contributed by atoms with E-state index in [1.807, 2.05) is 24.3 Å². The van der Waals surface area contributed by atoms with E-state index in [2.05, 4.69) is 34.1 Å². The molecule has 0 aliphatic rings. The number of nitrogens with one attached hydrogen (secondary N) is 2. The first-order valence-corrected chi connectivity index (χ1v) is 11.2. The standard InChI is InChI=1S/C23H29N3O4S/c1-5-26(6-2)12-11-24-18-10-7-15(14-25-23(28)30-4)22-20(18)21(27)17-9-8-16(29-3)13-19(17)31-22/h7-10,13,24H,5-6,11-12,14H2,1-4H3,(H,25,28). The number of hydrogen-bond donors (Lipinski definition) is 2. The predicted octanol–water partition coefficient (Wildman–Crippen LogP) is 4.03. The molecule has 1 amide bonds. The van der Waals surface area contributed by atoms with E-state index < -0.39 is 6.09 Å². The second-order valence-corrected chi connectivity index (χ2v) is 8.12. The van der Waals surface area contributed by atoms with Gasteiger partial charge in [-0.25, -0.2) is 4.79 Å². The van der Waals surface area contributed by atoms with Crippen molar-refractivity contribution in [2.45, 2.75) is 20.4 Å². The largest absolute Gasteiger partial charge is 0.497 e. The third-order valence-corrected chi connectivity index (χ3v) is 6.59. The summed E-state index contributed by atoms with van der Waals surface area (Å²) in [5, 5.41) is 7.46. The van der Waals surface area contributed by atoms with Crippen molar-refractivity contribution in [1.29, 1.82) is 0 Å². The first kappa shape index (κ1) is 22.8. The minimum absolute atomic E-state index is 0.0309. The Bertz CT molecular complexity index is 1130. The van der Waals surface area contributed by atoms with E-state index in [0.29, 0.717) is 16.5 Å². The molecule has 0 saturated carbocycles. The van der Waals surface area contributed by atoms with Gasteiger partial charge in [-0.15, -0.1) is 11.3 Å². The van der Waals surface area contributed by atoms with Gasteiger partial charge >= 0.3 is 6.09 Å². The van der Waals surface area contributed by atoms with Gasteiger partial charge in [-0.05, 0) is 42.9 Å². The minimum Gasteiger partial charge on any atom is -0.497 e. The van der Waals surface area contributed by atoms with E-state index in [9.17, 15) is 9.59 Å². The molecule has 0 atom stereocenters. The zero-order chi connectivity index (χ0) is 22.4. The summed E-state index contributed by atoms with van der Waals surface area (Å²) in [7, 11) is 2.93. The van der Waals surface area contributed by atoms with Crippen LogP contribution in [0.4, 0.5) is 10.5 Å². The number of carbonyl (C=O) groups is 1. The van der Waals surface area contributed by atoms with E-state index in [4.69, 9.17) is 4.74 Å². The number of benzene rings is 2. The van der Waals surface area contributed by atoms with E-state index in [0.717, 1.165) is 46.8 Å². The van der Waals surface area contributed by atoms with Gasteiger partial charge in [-0.3, -0.25) is 4.79 Å². The molecule has 0 spiro atoms. The van der Waals surface area contributed by atoms with E-state index in [1.165, 1.54) is 18.4 Å². The number of anilines is 1. The average Bonchev–Trinajstić information content (AvgIpc) is 2.80. The highest BCUT2D eigenvalue weighted by Gasteiger charge is 2.15. The van der Waals surface area contributed by atoms with Gasteiger partial charge in [0.1, 0.15) is 5.75 Å².